The first-order chi connectivity index (χ1) is 5.71. The Kier molecular flexibility index (Phi) is 3.23. The summed E-state index contributed by atoms with van der Waals surface area (Å²) >= 11 is 0. The lowest BCUT2D eigenvalue weighted by Gasteiger charge is -2.34. The van der Waals surface area contributed by atoms with Crippen LogP contribution < -0.4 is 0 Å². The third-order valence-corrected chi connectivity index (χ3v) is 2.40. The Labute approximate surface area is 73.0 Å². The largest absolute Gasteiger partial charge is 0.354 e. The van der Waals surface area contributed by atoms with Crippen LogP contribution in [0.3, 0.4) is 0 Å². The maximum Gasteiger partial charge on any atom is 0.146 e. The zero-order chi connectivity index (χ0) is 9.03. The van der Waals surface area contributed by atoms with Crippen LogP contribution in [0.5, 0.6) is 0 Å². The Hall–Kier alpha value is -0.410. The smallest absolute Gasteiger partial charge is 0.146 e. The van der Waals surface area contributed by atoms with E-state index >= 15 is 0 Å². The van der Waals surface area contributed by atoms with Crippen molar-refractivity contribution in [2.24, 2.45) is 5.41 Å². The molecule has 70 valence electrons. The second kappa shape index (κ2) is 4.01. The third kappa shape index (κ3) is 1.84. The molecule has 0 aromatic carbocycles. The molecular weight excluding hydrogens is 156 g/mol. The highest BCUT2D eigenvalue weighted by Crippen LogP contribution is 2.28. The van der Waals surface area contributed by atoms with Crippen LogP contribution in [0.2, 0.25) is 0 Å². The van der Waals surface area contributed by atoms with Gasteiger partial charge in [0.15, 0.2) is 0 Å². The average molecular weight is 172 g/mol. The SMILES string of the molecule is CCCC1(C(C)=O)COCOC1. The van der Waals surface area contributed by atoms with Crippen molar-refractivity contribution in [1.29, 1.82) is 0 Å². The number of ether oxygens (including phenoxy) is 2. The number of hydrogen-bond acceptors (Lipinski definition) is 3. The standard InChI is InChI=1S/C9H16O3/c1-3-4-9(8(2)10)5-11-7-12-6-9/h3-7H2,1-2H3. The zero-order valence-corrected chi connectivity index (χ0v) is 7.76. The molecule has 0 spiro atoms. The molecule has 3 heteroatoms. The number of carbonyl (C=O) groups is 1. The second-order valence-corrected chi connectivity index (χ2v) is 3.40. The van der Waals surface area contributed by atoms with Crippen LogP contribution in [-0.2, 0) is 14.3 Å². The molecule has 0 amide bonds. The van der Waals surface area contributed by atoms with E-state index in [-0.39, 0.29) is 11.2 Å². The van der Waals surface area contributed by atoms with E-state index < -0.39 is 0 Å². The number of rotatable bonds is 3. The van der Waals surface area contributed by atoms with Gasteiger partial charge in [0.05, 0.1) is 18.6 Å². The van der Waals surface area contributed by atoms with Crippen molar-refractivity contribution in [2.45, 2.75) is 26.7 Å². The summed E-state index contributed by atoms with van der Waals surface area (Å²) in [5.74, 6) is 0.184. The van der Waals surface area contributed by atoms with Crippen LogP contribution in [-0.4, -0.2) is 25.8 Å². The molecule has 0 unspecified atom stereocenters. The van der Waals surface area contributed by atoms with Gasteiger partial charge < -0.3 is 9.47 Å². The normalized spacial score (nSPS) is 22.2. The summed E-state index contributed by atoms with van der Waals surface area (Å²) in [6, 6.07) is 0. The molecule has 3 nitrogen and oxygen atoms in total. The molecule has 12 heavy (non-hydrogen) atoms. The van der Waals surface area contributed by atoms with Crippen molar-refractivity contribution in [3.8, 4) is 0 Å². The number of ketones is 1. The molecule has 1 rings (SSSR count). The lowest BCUT2D eigenvalue weighted by Crippen LogP contribution is -2.42. The summed E-state index contributed by atoms with van der Waals surface area (Å²) in [6.07, 6.45) is 1.86. The summed E-state index contributed by atoms with van der Waals surface area (Å²) in [7, 11) is 0. The maximum atomic E-state index is 11.4. The van der Waals surface area contributed by atoms with Crippen molar-refractivity contribution in [3.63, 3.8) is 0 Å². The molecule has 0 saturated carbocycles. The Morgan fingerprint density at radius 2 is 2.00 bits per heavy atom. The molecular formula is C9H16O3. The predicted molar refractivity (Wildman–Crippen MR) is 44.8 cm³/mol. The van der Waals surface area contributed by atoms with Gasteiger partial charge in [-0.05, 0) is 13.3 Å². The first kappa shape index (κ1) is 9.68. The lowest BCUT2D eigenvalue weighted by atomic mass is 9.81. The molecule has 0 atom stereocenters. The summed E-state index contributed by atoms with van der Waals surface area (Å²) in [5, 5.41) is 0. The van der Waals surface area contributed by atoms with Gasteiger partial charge in [-0.25, -0.2) is 0 Å². The summed E-state index contributed by atoms with van der Waals surface area (Å²) in [5.41, 5.74) is -0.354. The van der Waals surface area contributed by atoms with E-state index in [4.69, 9.17) is 9.47 Å². The van der Waals surface area contributed by atoms with Gasteiger partial charge in [-0.1, -0.05) is 13.3 Å². The highest BCUT2D eigenvalue weighted by molar-refractivity contribution is 5.82. The molecule has 0 aromatic heterocycles. The maximum absolute atomic E-state index is 11.4. The zero-order valence-electron chi connectivity index (χ0n) is 7.76. The van der Waals surface area contributed by atoms with Gasteiger partial charge in [0.2, 0.25) is 0 Å². The fraction of sp³-hybridized carbons (Fsp3) is 0.889. The lowest BCUT2D eigenvalue weighted by molar-refractivity contribution is -0.176. The van der Waals surface area contributed by atoms with Gasteiger partial charge in [-0.2, -0.15) is 0 Å². The van der Waals surface area contributed by atoms with E-state index in [1.54, 1.807) is 6.92 Å². The van der Waals surface area contributed by atoms with Crippen LogP contribution in [0.25, 0.3) is 0 Å². The Balaban J connectivity index is 2.63. The van der Waals surface area contributed by atoms with E-state index in [1.807, 2.05) is 0 Å². The van der Waals surface area contributed by atoms with Gasteiger partial charge in [0.1, 0.15) is 12.6 Å². The molecule has 0 aliphatic carbocycles. The van der Waals surface area contributed by atoms with Gasteiger partial charge >= 0.3 is 0 Å². The molecule has 1 aliphatic heterocycles. The highest BCUT2D eigenvalue weighted by Gasteiger charge is 2.37. The van der Waals surface area contributed by atoms with Gasteiger partial charge in [0, 0.05) is 0 Å². The molecule has 1 saturated heterocycles. The molecule has 1 fully saturated rings. The molecule has 0 radical (unpaired) electrons. The van der Waals surface area contributed by atoms with E-state index in [1.165, 1.54) is 0 Å². The van der Waals surface area contributed by atoms with Crippen LogP contribution >= 0.6 is 0 Å². The Morgan fingerprint density at radius 3 is 2.42 bits per heavy atom. The molecule has 0 aromatic rings. The minimum absolute atomic E-state index is 0.184. The summed E-state index contributed by atoms with van der Waals surface area (Å²) in [6.45, 7) is 5.07. The fourth-order valence-electron chi connectivity index (χ4n) is 1.58. The number of carbonyl (C=O) groups excluding carboxylic acids is 1. The van der Waals surface area contributed by atoms with Gasteiger partial charge in [-0.15, -0.1) is 0 Å². The molecule has 1 heterocycles. The molecule has 0 bridgehead atoms. The molecule has 1 aliphatic rings. The first-order valence-corrected chi connectivity index (χ1v) is 4.38. The fourth-order valence-corrected chi connectivity index (χ4v) is 1.58. The second-order valence-electron chi connectivity index (χ2n) is 3.40. The van der Waals surface area contributed by atoms with Gasteiger partial charge in [0.25, 0.3) is 0 Å². The predicted octanol–water partition coefficient (Wildman–Crippen LogP) is 1.37. The van der Waals surface area contributed by atoms with Crippen molar-refractivity contribution in [3.05, 3.63) is 0 Å². The van der Waals surface area contributed by atoms with Crippen LogP contribution in [0.15, 0.2) is 0 Å². The van der Waals surface area contributed by atoms with Crippen molar-refractivity contribution in [1.82, 2.24) is 0 Å². The van der Waals surface area contributed by atoms with Crippen LogP contribution in [0.1, 0.15) is 26.7 Å². The first-order valence-electron chi connectivity index (χ1n) is 4.38. The monoisotopic (exact) mass is 172 g/mol. The molecule has 0 N–H and O–H groups in total. The third-order valence-electron chi connectivity index (χ3n) is 2.40. The van der Waals surface area contributed by atoms with Crippen molar-refractivity contribution >= 4 is 5.78 Å². The minimum atomic E-state index is -0.354. The van der Waals surface area contributed by atoms with Crippen molar-refractivity contribution < 1.29 is 14.3 Å². The van der Waals surface area contributed by atoms with E-state index in [0.29, 0.717) is 20.0 Å². The average Bonchev–Trinajstić information content (AvgIpc) is 2.06. The van der Waals surface area contributed by atoms with E-state index in [9.17, 15) is 4.79 Å². The highest BCUT2D eigenvalue weighted by atomic mass is 16.7. The Bertz CT molecular complexity index is 154. The van der Waals surface area contributed by atoms with Gasteiger partial charge in [-0.3, -0.25) is 4.79 Å². The quantitative estimate of drug-likeness (QED) is 0.645. The van der Waals surface area contributed by atoms with E-state index in [2.05, 4.69) is 6.92 Å². The minimum Gasteiger partial charge on any atom is -0.354 e. The summed E-state index contributed by atoms with van der Waals surface area (Å²) < 4.78 is 10.3. The Morgan fingerprint density at radius 1 is 1.42 bits per heavy atom. The number of Topliss-reactive ketones (excluding diaryl/α,β-unsaturated/α-hetero) is 1. The van der Waals surface area contributed by atoms with Crippen LogP contribution in [0.4, 0.5) is 0 Å². The topological polar surface area (TPSA) is 35.5 Å². The van der Waals surface area contributed by atoms with Crippen LogP contribution in [0, 0.1) is 5.41 Å². The van der Waals surface area contributed by atoms with Crippen molar-refractivity contribution in [2.75, 3.05) is 20.0 Å². The van der Waals surface area contributed by atoms with E-state index in [0.717, 1.165) is 12.8 Å². The number of hydrogen-bond donors (Lipinski definition) is 0. The summed E-state index contributed by atoms with van der Waals surface area (Å²) in [4.78, 5) is 11.4.